The molecule has 1 amide bonds. The van der Waals surface area contributed by atoms with Crippen LogP contribution in [0.5, 0.6) is 5.75 Å². The molecule has 1 saturated heterocycles. The molecule has 3 rings (SSSR count). The molecule has 1 aromatic carbocycles. The number of phenols is 1. The Morgan fingerprint density at radius 1 is 1.29 bits per heavy atom. The van der Waals surface area contributed by atoms with Crippen LogP contribution in [0.15, 0.2) is 47.1 Å². The molecular formula is C19H24N2O3. The summed E-state index contributed by atoms with van der Waals surface area (Å²) in [7, 11) is 1.83. The summed E-state index contributed by atoms with van der Waals surface area (Å²) in [5.74, 6) is 1.48. The fraction of sp³-hybridized carbons (Fsp3) is 0.421. The molecule has 2 aromatic rings. The molecule has 0 spiro atoms. The van der Waals surface area contributed by atoms with Crippen LogP contribution < -0.4 is 0 Å². The van der Waals surface area contributed by atoms with Crippen molar-refractivity contribution in [2.45, 2.75) is 25.9 Å². The number of furan rings is 1. The number of hydrogen-bond acceptors (Lipinski definition) is 4. The van der Waals surface area contributed by atoms with Gasteiger partial charge in [0.25, 0.3) is 0 Å². The molecule has 1 aliphatic heterocycles. The summed E-state index contributed by atoms with van der Waals surface area (Å²) >= 11 is 0. The highest BCUT2D eigenvalue weighted by Crippen LogP contribution is 2.22. The van der Waals surface area contributed by atoms with Gasteiger partial charge >= 0.3 is 0 Å². The lowest BCUT2D eigenvalue weighted by molar-refractivity contribution is -0.136. The number of piperidine rings is 1. The van der Waals surface area contributed by atoms with E-state index in [4.69, 9.17) is 4.42 Å². The van der Waals surface area contributed by atoms with Crippen molar-refractivity contribution >= 4 is 5.91 Å². The average Bonchev–Trinajstić information content (AvgIpc) is 3.08. The smallest absolute Gasteiger partial charge is 0.225 e. The summed E-state index contributed by atoms with van der Waals surface area (Å²) in [4.78, 5) is 16.7. The lowest BCUT2D eigenvalue weighted by Gasteiger charge is -2.32. The van der Waals surface area contributed by atoms with Crippen molar-refractivity contribution in [2.24, 2.45) is 5.92 Å². The van der Waals surface area contributed by atoms with Crippen LogP contribution in [0.2, 0.25) is 0 Å². The van der Waals surface area contributed by atoms with Gasteiger partial charge < -0.3 is 14.4 Å². The molecule has 1 aliphatic rings. The summed E-state index contributed by atoms with van der Waals surface area (Å²) in [6, 6.07) is 11.0. The van der Waals surface area contributed by atoms with Crippen LogP contribution in [0.25, 0.3) is 0 Å². The van der Waals surface area contributed by atoms with Gasteiger partial charge in [-0.3, -0.25) is 9.69 Å². The minimum absolute atomic E-state index is 0.0835. The number of carbonyl (C=O) groups excluding carboxylic acids is 1. The summed E-state index contributed by atoms with van der Waals surface area (Å²) < 4.78 is 5.39. The fourth-order valence-electron chi connectivity index (χ4n) is 3.28. The topological polar surface area (TPSA) is 56.9 Å². The summed E-state index contributed by atoms with van der Waals surface area (Å²) in [6.07, 6.45) is 3.45. The molecule has 1 aromatic heterocycles. The third-order valence-electron chi connectivity index (χ3n) is 4.60. The minimum atomic E-state index is 0.0835. The van der Waals surface area contributed by atoms with Gasteiger partial charge in [-0.05, 0) is 55.8 Å². The van der Waals surface area contributed by atoms with Crippen molar-refractivity contribution in [3.63, 3.8) is 0 Å². The maximum atomic E-state index is 12.6. The standard InChI is InChI=1S/C19H24N2O3/c1-20(13-15-4-2-5-17(22)12-15)19(23)16-7-9-21(10-8-16)14-18-6-3-11-24-18/h2-6,11-12,16,22H,7-10,13-14H2,1H3. The maximum Gasteiger partial charge on any atom is 0.225 e. The molecule has 24 heavy (non-hydrogen) atoms. The van der Waals surface area contributed by atoms with Crippen LogP contribution in [-0.2, 0) is 17.9 Å². The predicted octanol–water partition coefficient (Wildman–Crippen LogP) is 2.86. The van der Waals surface area contributed by atoms with E-state index in [1.807, 2.05) is 25.2 Å². The third kappa shape index (κ3) is 4.17. The molecule has 0 radical (unpaired) electrons. The van der Waals surface area contributed by atoms with Crippen LogP contribution in [0.3, 0.4) is 0 Å². The fourth-order valence-corrected chi connectivity index (χ4v) is 3.28. The van der Waals surface area contributed by atoms with E-state index in [1.54, 1.807) is 29.4 Å². The molecule has 128 valence electrons. The highest BCUT2D eigenvalue weighted by molar-refractivity contribution is 5.78. The van der Waals surface area contributed by atoms with Crippen LogP contribution in [0.4, 0.5) is 0 Å². The van der Waals surface area contributed by atoms with Gasteiger partial charge in [-0.25, -0.2) is 0 Å². The predicted molar refractivity (Wildman–Crippen MR) is 91.3 cm³/mol. The normalized spacial score (nSPS) is 16.2. The average molecular weight is 328 g/mol. The number of amides is 1. The zero-order valence-electron chi connectivity index (χ0n) is 14.0. The van der Waals surface area contributed by atoms with E-state index in [9.17, 15) is 9.90 Å². The third-order valence-corrected chi connectivity index (χ3v) is 4.60. The van der Waals surface area contributed by atoms with Gasteiger partial charge in [0.05, 0.1) is 12.8 Å². The van der Waals surface area contributed by atoms with Crippen LogP contribution >= 0.6 is 0 Å². The molecule has 0 saturated carbocycles. The zero-order chi connectivity index (χ0) is 16.9. The van der Waals surface area contributed by atoms with Gasteiger partial charge in [-0.15, -0.1) is 0 Å². The van der Waals surface area contributed by atoms with Crippen LogP contribution in [-0.4, -0.2) is 41.0 Å². The number of carbonyl (C=O) groups is 1. The van der Waals surface area contributed by atoms with Crippen molar-refractivity contribution < 1.29 is 14.3 Å². The van der Waals surface area contributed by atoms with Gasteiger partial charge in [-0.2, -0.15) is 0 Å². The van der Waals surface area contributed by atoms with Crippen LogP contribution in [0.1, 0.15) is 24.2 Å². The molecule has 1 fully saturated rings. The van der Waals surface area contributed by atoms with E-state index >= 15 is 0 Å². The Hall–Kier alpha value is -2.27. The quantitative estimate of drug-likeness (QED) is 0.917. The Kier molecular flexibility index (Phi) is 5.20. The van der Waals surface area contributed by atoms with E-state index in [0.717, 1.165) is 43.8 Å². The molecule has 0 unspecified atom stereocenters. The number of nitrogens with zero attached hydrogens (tertiary/aromatic N) is 2. The molecule has 0 aliphatic carbocycles. The molecule has 2 heterocycles. The monoisotopic (exact) mass is 328 g/mol. The number of hydrogen-bond donors (Lipinski definition) is 1. The molecule has 1 N–H and O–H groups in total. The van der Waals surface area contributed by atoms with E-state index in [-0.39, 0.29) is 17.6 Å². The Bertz CT molecular complexity index is 661. The summed E-state index contributed by atoms with van der Waals surface area (Å²) in [6.45, 7) is 3.17. The molecule has 0 bridgehead atoms. The van der Waals surface area contributed by atoms with Crippen molar-refractivity contribution in [3.05, 3.63) is 54.0 Å². The van der Waals surface area contributed by atoms with Gasteiger partial charge in [0.15, 0.2) is 0 Å². The lowest BCUT2D eigenvalue weighted by Crippen LogP contribution is -2.40. The molecular weight excluding hydrogens is 304 g/mol. The SMILES string of the molecule is CN(Cc1cccc(O)c1)C(=O)C1CCN(Cc2ccco2)CC1. The van der Waals surface area contributed by atoms with E-state index in [2.05, 4.69) is 4.90 Å². The molecule has 5 nitrogen and oxygen atoms in total. The Morgan fingerprint density at radius 3 is 2.75 bits per heavy atom. The van der Waals surface area contributed by atoms with Crippen molar-refractivity contribution in [1.82, 2.24) is 9.80 Å². The second-order valence-electron chi connectivity index (χ2n) is 6.49. The lowest BCUT2D eigenvalue weighted by atomic mass is 9.95. The molecule has 0 atom stereocenters. The second kappa shape index (κ2) is 7.53. The first-order valence-corrected chi connectivity index (χ1v) is 8.39. The van der Waals surface area contributed by atoms with Crippen molar-refractivity contribution in [3.8, 4) is 5.75 Å². The Labute approximate surface area is 142 Å². The number of rotatable bonds is 5. The number of likely N-dealkylation sites (tertiary alicyclic amines) is 1. The van der Waals surface area contributed by atoms with E-state index < -0.39 is 0 Å². The van der Waals surface area contributed by atoms with Gasteiger partial charge in [0.2, 0.25) is 5.91 Å². The number of phenolic OH excluding ortho intramolecular Hbond substituents is 1. The first-order valence-electron chi connectivity index (χ1n) is 8.39. The van der Waals surface area contributed by atoms with Crippen molar-refractivity contribution in [2.75, 3.05) is 20.1 Å². The van der Waals surface area contributed by atoms with E-state index in [1.165, 1.54) is 0 Å². The Morgan fingerprint density at radius 2 is 2.08 bits per heavy atom. The minimum Gasteiger partial charge on any atom is -0.508 e. The zero-order valence-corrected chi connectivity index (χ0v) is 14.0. The first kappa shape index (κ1) is 16.6. The van der Waals surface area contributed by atoms with Crippen LogP contribution in [0, 0.1) is 5.92 Å². The summed E-state index contributed by atoms with van der Waals surface area (Å²) in [5, 5.41) is 9.53. The van der Waals surface area contributed by atoms with E-state index in [0.29, 0.717) is 6.54 Å². The number of benzene rings is 1. The summed E-state index contributed by atoms with van der Waals surface area (Å²) in [5.41, 5.74) is 0.945. The van der Waals surface area contributed by atoms with Gasteiger partial charge in [-0.1, -0.05) is 12.1 Å². The largest absolute Gasteiger partial charge is 0.508 e. The second-order valence-corrected chi connectivity index (χ2v) is 6.49. The van der Waals surface area contributed by atoms with Gasteiger partial charge in [0.1, 0.15) is 11.5 Å². The number of aromatic hydroxyl groups is 1. The maximum absolute atomic E-state index is 12.6. The van der Waals surface area contributed by atoms with Crippen molar-refractivity contribution in [1.29, 1.82) is 0 Å². The van der Waals surface area contributed by atoms with Gasteiger partial charge in [0, 0.05) is 19.5 Å². The first-order chi connectivity index (χ1) is 11.6. The molecule has 5 heteroatoms. The highest BCUT2D eigenvalue weighted by Gasteiger charge is 2.27. The Balaban J connectivity index is 1.49. The highest BCUT2D eigenvalue weighted by atomic mass is 16.3.